The van der Waals surface area contributed by atoms with Gasteiger partial charge in [0, 0.05) is 55.8 Å². The maximum Gasteiger partial charge on any atom is 0.410 e. The van der Waals surface area contributed by atoms with Crippen molar-refractivity contribution in [1.29, 1.82) is 0 Å². The van der Waals surface area contributed by atoms with Gasteiger partial charge in [-0.3, -0.25) is 15.1 Å². The molecule has 3 saturated heterocycles. The maximum absolute atomic E-state index is 12.3. The number of carbonyl (C=O) groups excluding carboxylic acids is 1. The summed E-state index contributed by atoms with van der Waals surface area (Å²) in [5.74, 6) is 0. The molecule has 10 nitrogen and oxygen atoms in total. The van der Waals surface area contributed by atoms with Gasteiger partial charge < -0.3 is 25.2 Å². The number of nitrogens with zero attached hydrogens (tertiary/aromatic N) is 5. The van der Waals surface area contributed by atoms with Crippen molar-refractivity contribution in [2.45, 2.75) is 70.6 Å². The van der Waals surface area contributed by atoms with Crippen LogP contribution in [-0.2, 0) is 4.74 Å². The Hall–Kier alpha value is -2.88. The minimum absolute atomic E-state index is 0.0346. The van der Waals surface area contributed by atoms with E-state index in [0.717, 1.165) is 25.9 Å². The Labute approximate surface area is 207 Å². The number of hydrogen-bond acceptors (Lipinski definition) is 8. The molecule has 0 spiro atoms. The molecule has 10 heteroatoms. The van der Waals surface area contributed by atoms with Crippen LogP contribution in [0.15, 0.2) is 17.1 Å². The van der Waals surface area contributed by atoms with Crippen molar-refractivity contribution in [2.24, 2.45) is 4.99 Å². The van der Waals surface area contributed by atoms with Crippen LogP contribution in [-0.4, -0.2) is 84.0 Å². The predicted octanol–water partition coefficient (Wildman–Crippen LogP) is 3.67. The zero-order valence-electron chi connectivity index (χ0n) is 21.1. The predicted molar refractivity (Wildman–Crippen MR) is 137 cm³/mol. The standard InChI is InChI=1S/C25H38N6O4/c1-25(2,3)35-24(32)30-11-5-19(6-12-30)27-17-18-15-23(31(33)34)22(16-21(18)26)29-13-7-20(8-14-29)28-9-4-10-28/h15-17,19-20H,4-14,26H2,1-3H3. The summed E-state index contributed by atoms with van der Waals surface area (Å²) in [5.41, 5.74) is 7.52. The van der Waals surface area contributed by atoms with Gasteiger partial charge >= 0.3 is 6.09 Å². The van der Waals surface area contributed by atoms with Gasteiger partial charge in [-0.15, -0.1) is 0 Å². The number of hydrogen-bond donors (Lipinski definition) is 1. The van der Waals surface area contributed by atoms with E-state index < -0.39 is 5.60 Å². The Morgan fingerprint density at radius 2 is 1.77 bits per heavy atom. The van der Waals surface area contributed by atoms with Gasteiger partial charge in [0.2, 0.25) is 0 Å². The molecule has 0 aliphatic carbocycles. The van der Waals surface area contributed by atoms with Gasteiger partial charge in [-0.25, -0.2) is 4.79 Å². The molecule has 2 N–H and O–H groups in total. The van der Waals surface area contributed by atoms with Gasteiger partial charge in [-0.1, -0.05) is 0 Å². The van der Waals surface area contributed by atoms with E-state index in [-0.39, 0.29) is 22.7 Å². The van der Waals surface area contributed by atoms with E-state index in [1.165, 1.54) is 19.5 Å². The van der Waals surface area contributed by atoms with Crippen molar-refractivity contribution in [1.82, 2.24) is 9.80 Å². The van der Waals surface area contributed by atoms with Crippen LogP contribution in [0.2, 0.25) is 0 Å². The SMILES string of the molecule is CC(C)(C)OC(=O)N1CCC(N=Cc2cc([N+](=O)[O-])c(N3CCC(N4CCC4)CC3)cc2N)CC1. The number of carbonyl (C=O) groups is 1. The van der Waals surface area contributed by atoms with Gasteiger partial charge in [-0.2, -0.15) is 0 Å². The van der Waals surface area contributed by atoms with Crippen LogP contribution in [0.5, 0.6) is 0 Å². The zero-order valence-corrected chi connectivity index (χ0v) is 21.1. The molecule has 0 atom stereocenters. The van der Waals surface area contributed by atoms with E-state index in [4.69, 9.17) is 10.5 Å². The average molecular weight is 487 g/mol. The molecule has 3 heterocycles. The number of amides is 1. The first-order chi connectivity index (χ1) is 16.6. The number of likely N-dealkylation sites (tertiary alicyclic amines) is 2. The first-order valence-corrected chi connectivity index (χ1v) is 12.7. The number of rotatable bonds is 5. The molecule has 0 aromatic heterocycles. The lowest BCUT2D eigenvalue weighted by Gasteiger charge is -2.43. The van der Waals surface area contributed by atoms with Crippen molar-refractivity contribution in [3.05, 3.63) is 27.8 Å². The van der Waals surface area contributed by atoms with Crippen molar-refractivity contribution in [3.8, 4) is 0 Å². The molecular weight excluding hydrogens is 448 g/mol. The van der Waals surface area contributed by atoms with Gasteiger partial charge in [0.15, 0.2) is 0 Å². The van der Waals surface area contributed by atoms with Crippen LogP contribution in [0.1, 0.15) is 58.4 Å². The van der Waals surface area contributed by atoms with Crippen molar-refractivity contribution in [3.63, 3.8) is 0 Å². The smallest absolute Gasteiger partial charge is 0.410 e. The number of nitro benzene ring substituents is 1. The van der Waals surface area contributed by atoms with Crippen LogP contribution in [0.25, 0.3) is 0 Å². The number of anilines is 2. The Bertz CT molecular complexity index is 955. The highest BCUT2D eigenvalue weighted by Gasteiger charge is 2.31. The lowest BCUT2D eigenvalue weighted by molar-refractivity contribution is -0.384. The quantitative estimate of drug-likeness (QED) is 0.292. The molecule has 192 valence electrons. The Morgan fingerprint density at radius 1 is 1.11 bits per heavy atom. The summed E-state index contributed by atoms with van der Waals surface area (Å²) in [4.78, 5) is 34.8. The lowest BCUT2D eigenvalue weighted by Crippen LogP contribution is -2.50. The van der Waals surface area contributed by atoms with E-state index in [1.54, 1.807) is 23.2 Å². The maximum atomic E-state index is 12.3. The van der Waals surface area contributed by atoms with Crippen LogP contribution in [0.3, 0.4) is 0 Å². The minimum Gasteiger partial charge on any atom is -0.444 e. The molecule has 0 bridgehead atoms. The van der Waals surface area contributed by atoms with Gasteiger partial charge in [-0.05, 0) is 72.0 Å². The first-order valence-electron chi connectivity index (χ1n) is 12.7. The highest BCUT2D eigenvalue weighted by Crippen LogP contribution is 2.35. The molecule has 35 heavy (non-hydrogen) atoms. The molecule has 3 aliphatic heterocycles. The summed E-state index contributed by atoms with van der Waals surface area (Å²) in [6, 6.07) is 3.90. The van der Waals surface area contributed by atoms with Gasteiger partial charge in [0.25, 0.3) is 5.69 Å². The largest absolute Gasteiger partial charge is 0.444 e. The van der Waals surface area contributed by atoms with E-state index in [2.05, 4.69) is 14.8 Å². The minimum atomic E-state index is -0.519. The summed E-state index contributed by atoms with van der Waals surface area (Å²) >= 11 is 0. The highest BCUT2D eigenvalue weighted by molar-refractivity contribution is 5.91. The zero-order chi connectivity index (χ0) is 25.2. The molecular formula is C25H38N6O4. The Morgan fingerprint density at radius 3 is 2.31 bits per heavy atom. The fourth-order valence-corrected chi connectivity index (χ4v) is 5.01. The second-order valence-corrected chi connectivity index (χ2v) is 10.8. The van der Waals surface area contributed by atoms with Crippen LogP contribution in [0.4, 0.5) is 21.9 Å². The summed E-state index contributed by atoms with van der Waals surface area (Å²) < 4.78 is 5.44. The third-order valence-electron chi connectivity index (χ3n) is 7.13. The number of aliphatic imine (C=N–C) groups is 1. The number of benzene rings is 1. The number of nitro groups is 1. The highest BCUT2D eigenvalue weighted by atomic mass is 16.6. The number of nitrogen functional groups attached to an aromatic ring is 1. The van der Waals surface area contributed by atoms with E-state index >= 15 is 0 Å². The fourth-order valence-electron chi connectivity index (χ4n) is 5.01. The first kappa shape index (κ1) is 25.2. The van der Waals surface area contributed by atoms with E-state index in [0.29, 0.717) is 48.9 Å². The third kappa shape index (κ3) is 6.22. The second kappa shape index (κ2) is 10.4. The monoisotopic (exact) mass is 486 g/mol. The topological polar surface area (TPSA) is 118 Å². The molecule has 1 aromatic rings. The summed E-state index contributed by atoms with van der Waals surface area (Å²) in [6.45, 7) is 10.6. The van der Waals surface area contributed by atoms with Crippen molar-refractivity contribution >= 4 is 29.4 Å². The van der Waals surface area contributed by atoms with Crippen LogP contribution < -0.4 is 10.6 Å². The molecule has 3 fully saturated rings. The molecule has 1 aromatic carbocycles. The summed E-state index contributed by atoms with van der Waals surface area (Å²) in [5, 5.41) is 11.9. The molecule has 1 amide bonds. The normalized spacial score (nSPS) is 20.8. The molecule has 4 rings (SSSR count). The lowest BCUT2D eigenvalue weighted by atomic mass is 9.98. The molecule has 0 unspecified atom stereocenters. The molecule has 0 radical (unpaired) electrons. The Kier molecular flexibility index (Phi) is 7.49. The summed E-state index contributed by atoms with van der Waals surface area (Å²) in [7, 11) is 0. The number of piperidine rings is 2. The molecule has 3 aliphatic rings. The Balaban J connectivity index is 1.38. The van der Waals surface area contributed by atoms with E-state index in [1.807, 2.05) is 20.8 Å². The van der Waals surface area contributed by atoms with Gasteiger partial charge in [0.1, 0.15) is 11.3 Å². The van der Waals surface area contributed by atoms with Crippen LogP contribution in [0, 0.1) is 10.1 Å². The van der Waals surface area contributed by atoms with Crippen molar-refractivity contribution in [2.75, 3.05) is 49.9 Å². The molecule has 0 saturated carbocycles. The number of ether oxygens (including phenoxy) is 1. The number of nitrogens with two attached hydrogens (primary N) is 1. The van der Waals surface area contributed by atoms with Gasteiger partial charge in [0.05, 0.1) is 11.0 Å². The van der Waals surface area contributed by atoms with Crippen molar-refractivity contribution < 1.29 is 14.5 Å². The third-order valence-corrected chi connectivity index (χ3v) is 7.13. The van der Waals surface area contributed by atoms with Crippen LogP contribution >= 0.6 is 0 Å². The summed E-state index contributed by atoms with van der Waals surface area (Å²) in [6.07, 6.45) is 6.07. The second-order valence-electron chi connectivity index (χ2n) is 10.8. The fraction of sp³-hybridized carbons (Fsp3) is 0.680. The average Bonchev–Trinajstić information content (AvgIpc) is 2.76. The van der Waals surface area contributed by atoms with E-state index in [9.17, 15) is 14.9 Å².